The second kappa shape index (κ2) is 6.54. The third-order valence-electron chi connectivity index (χ3n) is 3.42. The summed E-state index contributed by atoms with van der Waals surface area (Å²) in [5.41, 5.74) is 2.09. The SMILES string of the molecule is CCCNC(c1cncnc1)c1cccc2c1OCCO2. The molecule has 1 N–H and O–H groups in total. The molecule has 5 nitrogen and oxygen atoms in total. The van der Waals surface area contributed by atoms with Gasteiger partial charge in [-0.1, -0.05) is 19.1 Å². The lowest BCUT2D eigenvalue weighted by Crippen LogP contribution is -2.25. The maximum absolute atomic E-state index is 5.83. The largest absolute Gasteiger partial charge is 0.486 e. The number of ether oxygens (including phenoxy) is 2. The molecule has 0 radical (unpaired) electrons. The highest BCUT2D eigenvalue weighted by Gasteiger charge is 2.23. The number of benzene rings is 1. The first-order valence-electron chi connectivity index (χ1n) is 7.27. The van der Waals surface area contributed by atoms with Gasteiger partial charge in [-0.25, -0.2) is 9.97 Å². The van der Waals surface area contributed by atoms with Crippen LogP contribution < -0.4 is 14.8 Å². The highest BCUT2D eigenvalue weighted by Crippen LogP contribution is 2.38. The number of aromatic nitrogens is 2. The van der Waals surface area contributed by atoms with Crippen LogP contribution in [0.1, 0.15) is 30.5 Å². The zero-order valence-electron chi connectivity index (χ0n) is 12.1. The maximum atomic E-state index is 5.83. The average molecular weight is 285 g/mol. The van der Waals surface area contributed by atoms with E-state index in [1.165, 1.54) is 0 Å². The molecule has 0 aliphatic carbocycles. The monoisotopic (exact) mass is 285 g/mol. The number of para-hydroxylation sites is 1. The lowest BCUT2D eigenvalue weighted by Gasteiger charge is -2.26. The molecule has 3 rings (SSSR count). The van der Waals surface area contributed by atoms with Crippen molar-refractivity contribution in [1.29, 1.82) is 0 Å². The molecule has 2 aromatic rings. The van der Waals surface area contributed by atoms with Crippen LogP contribution in [-0.4, -0.2) is 29.7 Å². The third kappa shape index (κ3) is 2.97. The van der Waals surface area contributed by atoms with Gasteiger partial charge >= 0.3 is 0 Å². The summed E-state index contributed by atoms with van der Waals surface area (Å²) in [6.07, 6.45) is 6.27. The summed E-state index contributed by atoms with van der Waals surface area (Å²) in [7, 11) is 0. The van der Waals surface area contributed by atoms with Gasteiger partial charge in [-0.15, -0.1) is 0 Å². The molecule has 1 unspecified atom stereocenters. The fourth-order valence-corrected chi connectivity index (χ4v) is 2.48. The molecule has 5 heteroatoms. The van der Waals surface area contributed by atoms with Crippen molar-refractivity contribution in [3.05, 3.63) is 48.0 Å². The van der Waals surface area contributed by atoms with Crippen LogP contribution in [0.4, 0.5) is 0 Å². The minimum Gasteiger partial charge on any atom is -0.486 e. The zero-order chi connectivity index (χ0) is 14.5. The van der Waals surface area contributed by atoms with E-state index in [9.17, 15) is 0 Å². The summed E-state index contributed by atoms with van der Waals surface area (Å²) < 4.78 is 11.5. The quantitative estimate of drug-likeness (QED) is 0.913. The van der Waals surface area contributed by atoms with Crippen LogP contribution in [0.3, 0.4) is 0 Å². The number of hydrogen-bond donors (Lipinski definition) is 1. The highest BCUT2D eigenvalue weighted by molar-refractivity contribution is 5.51. The van der Waals surface area contributed by atoms with Crippen LogP contribution in [-0.2, 0) is 0 Å². The Kier molecular flexibility index (Phi) is 4.31. The van der Waals surface area contributed by atoms with E-state index in [1.54, 1.807) is 6.33 Å². The fourth-order valence-electron chi connectivity index (χ4n) is 2.48. The van der Waals surface area contributed by atoms with Crippen molar-refractivity contribution in [2.24, 2.45) is 0 Å². The van der Waals surface area contributed by atoms with Gasteiger partial charge in [0.05, 0.1) is 6.04 Å². The van der Waals surface area contributed by atoms with Gasteiger partial charge in [0, 0.05) is 23.5 Å². The zero-order valence-corrected chi connectivity index (χ0v) is 12.1. The second-order valence-electron chi connectivity index (χ2n) is 4.93. The molecule has 1 atom stereocenters. The number of fused-ring (bicyclic) bond motifs is 1. The van der Waals surface area contributed by atoms with E-state index in [2.05, 4.69) is 28.3 Å². The molecule has 0 saturated carbocycles. The first-order chi connectivity index (χ1) is 10.4. The molecule has 21 heavy (non-hydrogen) atoms. The molecule has 110 valence electrons. The molecule has 2 heterocycles. The fraction of sp³-hybridized carbons (Fsp3) is 0.375. The molecule has 0 bridgehead atoms. The average Bonchev–Trinajstić information content (AvgIpc) is 2.56. The van der Waals surface area contributed by atoms with Crippen LogP contribution in [0.5, 0.6) is 11.5 Å². The van der Waals surface area contributed by atoms with Gasteiger partial charge in [0.15, 0.2) is 11.5 Å². The van der Waals surface area contributed by atoms with Crippen LogP contribution >= 0.6 is 0 Å². The summed E-state index contributed by atoms with van der Waals surface area (Å²) in [6, 6.07) is 6.00. The number of rotatable bonds is 5. The van der Waals surface area contributed by atoms with Crippen LogP contribution in [0.2, 0.25) is 0 Å². The highest BCUT2D eigenvalue weighted by atomic mass is 16.6. The molecule has 0 amide bonds. The van der Waals surface area contributed by atoms with Crippen molar-refractivity contribution in [1.82, 2.24) is 15.3 Å². The Balaban J connectivity index is 2.00. The minimum atomic E-state index is 0.00259. The Morgan fingerprint density at radius 3 is 2.81 bits per heavy atom. The van der Waals surface area contributed by atoms with E-state index in [4.69, 9.17) is 9.47 Å². The standard InChI is InChI=1S/C16H19N3O2/c1-2-6-19-15(12-9-17-11-18-10-12)13-4-3-5-14-16(13)21-8-7-20-14/h3-5,9-11,15,19H,2,6-8H2,1H3. The summed E-state index contributed by atoms with van der Waals surface area (Å²) in [5.74, 6) is 1.63. The first kappa shape index (κ1) is 13.8. The lowest BCUT2D eigenvalue weighted by molar-refractivity contribution is 0.169. The topological polar surface area (TPSA) is 56.3 Å². The van der Waals surface area contributed by atoms with Gasteiger partial charge in [0.2, 0.25) is 0 Å². The van der Waals surface area contributed by atoms with Crippen molar-refractivity contribution in [3.8, 4) is 11.5 Å². The molecule has 1 aliphatic rings. The van der Waals surface area contributed by atoms with Crippen molar-refractivity contribution < 1.29 is 9.47 Å². The molecule has 1 aromatic heterocycles. The Morgan fingerprint density at radius 1 is 1.19 bits per heavy atom. The normalized spacial score (nSPS) is 14.7. The summed E-state index contributed by atoms with van der Waals surface area (Å²) in [4.78, 5) is 8.26. The molecule has 0 fully saturated rings. The predicted octanol–water partition coefficient (Wildman–Crippen LogP) is 2.34. The van der Waals surface area contributed by atoms with E-state index in [0.29, 0.717) is 13.2 Å². The van der Waals surface area contributed by atoms with E-state index >= 15 is 0 Å². The molecular weight excluding hydrogens is 266 g/mol. The Bertz CT molecular complexity index is 589. The van der Waals surface area contributed by atoms with Gasteiger partial charge in [0.1, 0.15) is 19.5 Å². The van der Waals surface area contributed by atoms with E-state index in [0.717, 1.165) is 35.6 Å². The Hall–Kier alpha value is -2.14. The first-order valence-corrected chi connectivity index (χ1v) is 7.27. The smallest absolute Gasteiger partial charge is 0.166 e. The van der Waals surface area contributed by atoms with Gasteiger partial charge < -0.3 is 14.8 Å². The molecule has 1 aromatic carbocycles. The van der Waals surface area contributed by atoms with E-state index < -0.39 is 0 Å². The number of hydrogen-bond acceptors (Lipinski definition) is 5. The predicted molar refractivity (Wildman–Crippen MR) is 79.6 cm³/mol. The van der Waals surface area contributed by atoms with Crippen LogP contribution in [0, 0.1) is 0 Å². The summed E-state index contributed by atoms with van der Waals surface area (Å²) in [5, 5.41) is 3.54. The number of nitrogens with one attached hydrogen (secondary N) is 1. The Morgan fingerprint density at radius 2 is 2.00 bits per heavy atom. The lowest BCUT2D eigenvalue weighted by atomic mass is 9.99. The van der Waals surface area contributed by atoms with E-state index in [-0.39, 0.29) is 6.04 Å². The van der Waals surface area contributed by atoms with Crippen LogP contribution in [0.15, 0.2) is 36.9 Å². The third-order valence-corrected chi connectivity index (χ3v) is 3.42. The molecule has 0 saturated heterocycles. The van der Waals surface area contributed by atoms with Gasteiger partial charge in [0.25, 0.3) is 0 Å². The molecule has 0 spiro atoms. The van der Waals surface area contributed by atoms with Gasteiger partial charge in [-0.3, -0.25) is 0 Å². The molecule has 1 aliphatic heterocycles. The van der Waals surface area contributed by atoms with Crippen molar-refractivity contribution in [3.63, 3.8) is 0 Å². The van der Waals surface area contributed by atoms with Gasteiger partial charge in [-0.05, 0) is 19.0 Å². The van der Waals surface area contributed by atoms with E-state index in [1.807, 2.05) is 24.5 Å². The van der Waals surface area contributed by atoms with Gasteiger partial charge in [-0.2, -0.15) is 0 Å². The summed E-state index contributed by atoms with van der Waals surface area (Å²) in [6.45, 7) is 4.23. The molecular formula is C16H19N3O2. The number of nitrogens with zero attached hydrogens (tertiary/aromatic N) is 2. The van der Waals surface area contributed by atoms with Crippen molar-refractivity contribution in [2.75, 3.05) is 19.8 Å². The Labute approximate surface area is 124 Å². The summed E-state index contributed by atoms with van der Waals surface area (Å²) >= 11 is 0. The maximum Gasteiger partial charge on any atom is 0.166 e. The van der Waals surface area contributed by atoms with Crippen molar-refractivity contribution in [2.45, 2.75) is 19.4 Å². The second-order valence-corrected chi connectivity index (χ2v) is 4.93. The van der Waals surface area contributed by atoms with Crippen molar-refractivity contribution >= 4 is 0 Å². The minimum absolute atomic E-state index is 0.00259. The van der Waals surface area contributed by atoms with Crippen LogP contribution in [0.25, 0.3) is 0 Å².